The minimum atomic E-state index is -1.81. The van der Waals surface area contributed by atoms with Crippen LogP contribution in [0.5, 0.6) is 0 Å². The monoisotopic (exact) mass is 1680 g/mol. The summed E-state index contributed by atoms with van der Waals surface area (Å²) in [6.07, 6.45) is 11.6. The van der Waals surface area contributed by atoms with Crippen LogP contribution in [0.4, 0.5) is 17.5 Å². The van der Waals surface area contributed by atoms with Gasteiger partial charge in [0.1, 0.15) is 17.5 Å². The largest absolute Gasteiger partial charge is 0.478 e. The van der Waals surface area contributed by atoms with Crippen LogP contribution in [0, 0.1) is 0 Å². The lowest BCUT2D eigenvalue weighted by Crippen LogP contribution is -2.43. The summed E-state index contributed by atoms with van der Waals surface area (Å²) in [4.78, 5) is 76.2. The van der Waals surface area contributed by atoms with E-state index in [4.69, 9.17) is 29.5 Å². The number of rotatable bonds is 20. The van der Waals surface area contributed by atoms with Crippen molar-refractivity contribution in [1.82, 2.24) is 49.9 Å². The molecule has 3 amide bonds. The number of amides is 3. The number of amidine groups is 1. The Hall–Kier alpha value is -8.52. The zero-order chi connectivity index (χ0) is 77.8. The fourth-order valence-corrected chi connectivity index (χ4v) is 17.7. The van der Waals surface area contributed by atoms with Gasteiger partial charge >= 0.3 is 5.97 Å². The van der Waals surface area contributed by atoms with Crippen LogP contribution >= 0.6 is 47.8 Å². The molecule has 9 N–H and O–H groups in total. The number of benzene rings is 3. The normalized spacial score (nSPS) is 19.3. The molecule has 6 aliphatic rings. The van der Waals surface area contributed by atoms with E-state index < -0.39 is 14.3 Å². The summed E-state index contributed by atoms with van der Waals surface area (Å²) in [6.45, 7) is 27.4. The number of fused-ring (bicyclic) bond motifs is 6. The molecule has 3 aliphatic heterocycles. The number of halogens is 3. The van der Waals surface area contributed by atoms with Gasteiger partial charge in [-0.1, -0.05) is 90.8 Å². The molecule has 30 heteroatoms. The summed E-state index contributed by atoms with van der Waals surface area (Å²) < 4.78 is 19.8. The second-order valence-electron chi connectivity index (χ2n) is 31.1. The number of carboxylic acid groups (broad SMARTS) is 1. The van der Waals surface area contributed by atoms with Crippen molar-refractivity contribution in [3.05, 3.63) is 149 Å². The van der Waals surface area contributed by atoms with Crippen LogP contribution in [0.15, 0.2) is 119 Å². The van der Waals surface area contributed by atoms with Crippen molar-refractivity contribution < 1.29 is 53.2 Å². The lowest BCUT2D eigenvalue weighted by molar-refractivity contribution is -0.128. The smallest absolute Gasteiger partial charge is 0.337 e. The Morgan fingerprint density at radius 2 is 1.00 bits per heavy atom. The molecule has 14 rings (SSSR count). The number of carboxylic acids is 1. The lowest BCUT2D eigenvalue weighted by atomic mass is 9.80. The topological polar surface area (TPSA) is 359 Å². The molecule has 0 bridgehead atoms. The highest BCUT2D eigenvalue weighted by atomic mass is 79.9. The third-order valence-electron chi connectivity index (χ3n) is 21.4. The summed E-state index contributed by atoms with van der Waals surface area (Å²) in [5.74, 6) is 3.65. The van der Waals surface area contributed by atoms with Gasteiger partial charge in [-0.15, -0.1) is 0 Å². The summed E-state index contributed by atoms with van der Waals surface area (Å²) in [5, 5.41) is 57.9. The molecule has 3 aliphatic carbocycles. The lowest BCUT2D eigenvalue weighted by Gasteiger charge is -2.36. The molecule has 0 saturated carbocycles. The molecule has 3 fully saturated rings. The van der Waals surface area contributed by atoms with Crippen molar-refractivity contribution >= 4 is 103 Å². The second kappa shape index (κ2) is 33.4. The summed E-state index contributed by atoms with van der Waals surface area (Å²) >= 11 is 10.4. The van der Waals surface area contributed by atoms with E-state index in [0.717, 1.165) is 99.0 Å². The molecule has 0 radical (unpaired) electrons. The van der Waals surface area contributed by atoms with Gasteiger partial charge in [0.15, 0.2) is 14.2 Å². The molecule has 3 unspecified atom stereocenters. The second-order valence-corrected chi connectivity index (χ2v) is 38.4. The number of β-amino-alcohol motifs (C(OH)–C–C–N with tert-alkyl or cyclic N) is 2. The first kappa shape index (κ1) is 80.5. The van der Waals surface area contributed by atoms with Gasteiger partial charge in [-0.3, -0.25) is 14.4 Å². The zero-order valence-corrected chi connectivity index (χ0v) is 68.7. The van der Waals surface area contributed by atoms with Crippen LogP contribution in [0.2, 0.25) is 18.1 Å². The van der Waals surface area contributed by atoms with E-state index in [9.17, 15) is 29.4 Å². The van der Waals surface area contributed by atoms with Crippen molar-refractivity contribution in [2.45, 2.75) is 173 Å². The minimum absolute atomic E-state index is 0.0141. The van der Waals surface area contributed by atoms with Crippen molar-refractivity contribution in [3.63, 3.8) is 0 Å². The molecule has 26 nitrogen and oxygen atoms in total. The van der Waals surface area contributed by atoms with Crippen LogP contribution in [0.25, 0.3) is 45.7 Å². The zero-order valence-electron chi connectivity index (χ0n) is 62.9. The molecule has 8 heterocycles. The Morgan fingerprint density at radius 3 is 1.38 bits per heavy atom. The predicted octanol–water partition coefficient (Wildman–Crippen LogP) is 13.2. The van der Waals surface area contributed by atoms with Crippen LogP contribution in [-0.4, -0.2) is 186 Å². The highest BCUT2D eigenvalue weighted by Gasteiger charge is 2.51. The average molecular weight is 1690 g/mol. The number of anilines is 3. The maximum absolute atomic E-state index is 12.8. The highest BCUT2D eigenvalue weighted by molar-refractivity contribution is 9.11. The Balaban J connectivity index is 0.000000149. The van der Waals surface area contributed by atoms with E-state index in [2.05, 4.69) is 184 Å². The quantitative estimate of drug-likeness (QED) is 0.0115. The molecule has 3 aromatic carbocycles. The molecule has 574 valence electrons. The van der Waals surface area contributed by atoms with E-state index in [1.165, 1.54) is 40.1 Å². The summed E-state index contributed by atoms with van der Waals surface area (Å²) in [6, 6.07) is 24.3. The number of carbonyl (C=O) groups excluding carboxylic acids is 3. The van der Waals surface area contributed by atoms with E-state index in [1.807, 2.05) is 67.3 Å². The number of carbonyl (C=O) groups is 4. The number of aliphatic hydroxyl groups is 2. The number of nitrogens with zero attached hydrogens (tertiary/aromatic N) is 11. The van der Waals surface area contributed by atoms with E-state index in [0.29, 0.717) is 92.3 Å². The van der Waals surface area contributed by atoms with Crippen LogP contribution in [0.3, 0.4) is 0 Å². The number of hydrogen-bond donors (Lipinski definition) is 8. The number of nitrogens with two attached hydrogens (primary N) is 1. The van der Waals surface area contributed by atoms with Crippen LogP contribution in [0.1, 0.15) is 150 Å². The van der Waals surface area contributed by atoms with Gasteiger partial charge in [0.2, 0.25) is 29.4 Å². The first-order chi connectivity index (χ1) is 51.3. The van der Waals surface area contributed by atoms with E-state index in [1.54, 1.807) is 22.2 Å². The number of likely N-dealkylation sites (tertiary alicyclic amines) is 3. The molecule has 5 aromatic heterocycles. The molecule has 108 heavy (non-hydrogen) atoms. The average Bonchev–Trinajstić information content (AvgIpc) is 1.60. The predicted molar refractivity (Wildman–Crippen MR) is 426 cm³/mol. The van der Waals surface area contributed by atoms with Gasteiger partial charge in [-0.2, -0.15) is 9.97 Å². The SMILES string of the molecule is CC(C)(C)[Si](C)(C)OCCN1CC2(CCc3c(C(N)=NO)cccc32)CC1=O.CC(C)Nc1ncc(-c2nc(-c3cccc4c3CCC43CC(=O)N(CCO)C3)no2)cc1Br.CC(C)Nc1ncc(-c2nc(-c3cccc4c3CCC43CC(=O)N(CCO)C3)no2)cc1Br.CC(C)Nc1ncc(C(=O)O)cc1Br. The van der Waals surface area contributed by atoms with Crippen LogP contribution in [-0.2, 0) is 54.3 Å². The van der Waals surface area contributed by atoms with Crippen molar-refractivity contribution in [2.75, 3.05) is 75.0 Å². The maximum Gasteiger partial charge on any atom is 0.337 e. The molecule has 3 saturated heterocycles. The number of hydrogen-bond acceptors (Lipinski definition) is 21. The summed E-state index contributed by atoms with van der Waals surface area (Å²) in [5.41, 5.74) is 16.7. The number of pyridine rings is 3. The Labute approximate surface area is 655 Å². The Kier molecular flexibility index (Phi) is 24.9. The Bertz CT molecular complexity index is 4490. The molecular weight excluding hydrogens is 1590 g/mol. The van der Waals surface area contributed by atoms with Crippen molar-refractivity contribution in [1.29, 1.82) is 0 Å². The van der Waals surface area contributed by atoms with Gasteiger partial charge in [-0.05, 0) is 198 Å². The van der Waals surface area contributed by atoms with Gasteiger partial charge < -0.3 is 70.4 Å². The molecule has 3 atom stereocenters. The first-order valence-corrected chi connectivity index (χ1v) is 41.8. The third kappa shape index (κ3) is 17.4. The van der Waals surface area contributed by atoms with Gasteiger partial charge in [-0.25, -0.2) is 19.7 Å². The number of aliphatic hydroxyl groups excluding tert-OH is 2. The number of oxime groups is 1. The standard InChI is InChI=1S/2C24H26BrN5O3.C21H33N3O3Si.C9H11BrN2O2/c2*1-14(2)27-22-19(25)10-15(12-26-22)23-28-21(29-33-23)17-4-3-5-18-16(17)6-7-24(18)11-20(32)30(13-24)8-9-31;1-20(2,3)28(4,5)27-12-11-24-14-21(13-18(24)25)10-9-15-16(19(22)23-26)7-6-8-17(15)21;1-5(2)12-8-7(10)3-6(4-11-8)9(13)14/h2*3-5,10,12,14,31H,6-9,11,13H2,1-2H3,(H,26,27);6-8,26H,9-14H2,1-5H3,(H2,22,23);3-5H,1-2H3,(H,11,12)(H,13,14). The molecule has 8 aromatic rings. The summed E-state index contributed by atoms with van der Waals surface area (Å²) in [7, 11) is -1.81. The Morgan fingerprint density at radius 1 is 0.611 bits per heavy atom. The highest BCUT2D eigenvalue weighted by Crippen LogP contribution is 2.51. The van der Waals surface area contributed by atoms with Crippen LogP contribution < -0.4 is 21.7 Å². The van der Waals surface area contributed by atoms with Crippen molar-refractivity contribution in [3.8, 4) is 45.7 Å². The third-order valence-corrected chi connectivity index (χ3v) is 27.8. The minimum Gasteiger partial charge on any atom is -0.478 e. The van der Waals surface area contributed by atoms with Gasteiger partial charge in [0, 0.05) is 128 Å². The van der Waals surface area contributed by atoms with Crippen molar-refractivity contribution in [2.24, 2.45) is 10.9 Å². The van der Waals surface area contributed by atoms with Gasteiger partial charge in [0.05, 0.1) is 49.9 Å². The number of aromatic carboxylic acids is 1. The maximum atomic E-state index is 12.8. The fourth-order valence-electron chi connectivity index (χ4n) is 15.2. The number of nitrogens with one attached hydrogen (secondary N) is 3. The fraction of sp³-hybridized carbons (Fsp3) is 0.462. The molecule has 3 spiro atoms. The van der Waals surface area contributed by atoms with Gasteiger partial charge in [0.25, 0.3) is 11.8 Å². The molecular formula is C78H96Br3N15O11Si. The van der Waals surface area contributed by atoms with E-state index >= 15 is 0 Å². The first-order valence-electron chi connectivity index (χ1n) is 36.5. The number of aromatic nitrogens is 7. The van der Waals surface area contributed by atoms with E-state index in [-0.39, 0.29) is 81.7 Å².